The van der Waals surface area contributed by atoms with E-state index in [9.17, 15) is 4.79 Å². The van der Waals surface area contributed by atoms with Crippen LogP contribution in [0.15, 0.2) is 12.4 Å². The summed E-state index contributed by atoms with van der Waals surface area (Å²) >= 11 is 0. The van der Waals surface area contributed by atoms with Crippen LogP contribution in [0.25, 0.3) is 0 Å². The van der Waals surface area contributed by atoms with E-state index in [1.54, 1.807) is 17.1 Å². The van der Waals surface area contributed by atoms with E-state index in [2.05, 4.69) is 27.9 Å². The van der Waals surface area contributed by atoms with Crippen molar-refractivity contribution in [2.24, 2.45) is 5.92 Å². The maximum absolute atomic E-state index is 11.8. The monoisotopic (exact) mass is 237 g/mol. The van der Waals surface area contributed by atoms with Gasteiger partial charge in [-0.3, -0.25) is 9.48 Å². The van der Waals surface area contributed by atoms with E-state index in [1.165, 1.54) is 0 Å². The van der Waals surface area contributed by atoms with Gasteiger partial charge in [0.05, 0.1) is 18.7 Å². The average Bonchev–Trinajstić information content (AvgIpc) is 2.83. The topological polar surface area (TPSA) is 71.8 Å². The zero-order chi connectivity index (χ0) is 12.1. The standard InChI is InChI=1S/C11H19N5O/c1-9-2-3-10(8-13-9)11(17)12-4-6-16-7-5-14-15-16/h5,7,9-10,13H,2-4,6,8H2,1H3,(H,12,17). The second-order valence-corrected chi connectivity index (χ2v) is 4.54. The van der Waals surface area contributed by atoms with Crippen LogP contribution in [-0.2, 0) is 11.3 Å². The summed E-state index contributed by atoms with van der Waals surface area (Å²) in [5.41, 5.74) is 0. The van der Waals surface area contributed by atoms with Gasteiger partial charge in [-0.2, -0.15) is 0 Å². The summed E-state index contributed by atoms with van der Waals surface area (Å²) in [6, 6.07) is 0.536. The lowest BCUT2D eigenvalue weighted by Gasteiger charge is -2.26. The highest BCUT2D eigenvalue weighted by Crippen LogP contribution is 2.13. The molecular weight excluding hydrogens is 218 g/mol. The van der Waals surface area contributed by atoms with Crippen LogP contribution in [0.1, 0.15) is 19.8 Å². The van der Waals surface area contributed by atoms with E-state index < -0.39 is 0 Å². The molecule has 2 rings (SSSR count). The summed E-state index contributed by atoms with van der Waals surface area (Å²) in [4.78, 5) is 11.8. The van der Waals surface area contributed by atoms with Crippen LogP contribution in [0, 0.1) is 5.92 Å². The van der Waals surface area contributed by atoms with Crippen LogP contribution >= 0.6 is 0 Å². The molecule has 1 aliphatic heterocycles. The first kappa shape index (κ1) is 12.0. The van der Waals surface area contributed by atoms with Gasteiger partial charge in [-0.1, -0.05) is 5.21 Å². The third-order valence-corrected chi connectivity index (χ3v) is 3.14. The minimum atomic E-state index is 0.113. The van der Waals surface area contributed by atoms with Crippen molar-refractivity contribution in [3.63, 3.8) is 0 Å². The molecule has 2 heterocycles. The van der Waals surface area contributed by atoms with Crippen molar-refractivity contribution in [3.05, 3.63) is 12.4 Å². The minimum absolute atomic E-state index is 0.113. The van der Waals surface area contributed by atoms with Gasteiger partial charge in [-0.15, -0.1) is 5.10 Å². The first-order valence-corrected chi connectivity index (χ1v) is 6.11. The van der Waals surface area contributed by atoms with Crippen LogP contribution in [0.5, 0.6) is 0 Å². The fourth-order valence-electron chi connectivity index (χ4n) is 2.01. The maximum atomic E-state index is 11.8. The summed E-state index contributed by atoms with van der Waals surface area (Å²) in [5, 5.41) is 13.8. The summed E-state index contributed by atoms with van der Waals surface area (Å²) < 4.78 is 1.71. The molecule has 0 aromatic carbocycles. The van der Waals surface area contributed by atoms with Crippen molar-refractivity contribution < 1.29 is 4.79 Å². The Kier molecular flexibility index (Phi) is 4.08. The van der Waals surface area contributed by atoms with Crippen LogP contribution < -0.4 is 10.6 Å². The molecule has 0 radical (unpaired) electrons. The molecule has 0 spiro atoms. The molecule has 94 valence electrons. The summed E-state index contributed by atoms with van der Waals surface area (Å²) in [6.07, 6.45) is 5.47. The fraction of sp³-hybridized carbons (Fsp3) is 0.727. The third-order valence-electron chi connectivity index (χ3n) is 3.14. The lowest BCUT2D eigenvalue weighted by molar-refractivity contribution is -0.125. The SMILES string of the molecule is CC1CCC(C(=O)NCCn2ccnn2)CN1. The molecule has 6 nitrogen and oxygen atoms in total. The van der Waals surface area contributed by atoms with Gasteiger partial charge in [0.25, 0.3) is 0 Å². The molecule has 2 atom stereocenters. The molecule has 1 fully saturated rings. The van der Waals surface area contributed by atoms with Crippen molar-refractivity contribution in [1.82, 2.24) is 25.6 Å². The number of carbonyl (C=O) groups is 1. The van der Waals surface area contributed by atoms with E-state index in [-0.39, 0.29) is 11.8 Å². The largest absolute Gasteiger partial charge is 0.354 e. The number of hydrogen-bond donors (Lipinski definition) is 2. The van der Waals surface area contributed by atoms with Crippen LogP contribution in [0.3, 0.4) is 0 Å². The molecular formula is C11H19N5O. The Morgan fingerprint density at radius 1 is 1.59 bits per heavy atom. The fourth-order valence-corrected chi connectivity index (χ4v) is 2.01. The van der Waals surface area contributed by atoms with Crippen molar-refractivity contribution >= 4 is 5.91 Å². The Bertz CT molecular complexity index is 343. The zero-order valence-electron chi connectivity index (χ0n) is 10.1. The van der Waals surface area contributed by atoms with Gasteiger partial charge in [0.2, 0.25) is 5.91 Å². The molecule has 1 amide bonds. The summed E-state index contributed by atoms with van der Waals surface area (Å²) in [6.45, 7) is 4.21. The molecule has 0 bridgehead atoms. The molecule has 1 aromatic heterocycles. The minimum Gasteiger partial charge on any atom is -0.354 e. The van der Waals surface area contributed by atoms with E-state index in [0.717, 1.165) is 19.4 Å². The number of nitrogens with zero attached hydrogens (tertiary/aromatic N) is 3. The Labute approximate surface area is 101 Å². The van der Waals surface area contributed by atoms with Gasteiger partial charge in [-0.25, -0.2) is 0 Å². The predicted octanol–water partition coefficient (Wildman–Crippen LogP) is -0.218. The normalized spacial score (nSPS) is 24.5. The Morgan fingerprint density at radius 3 is 3.12 bits per heavy atom. The van der Waals surface area contributed by atoms with E-state index in [4.69, 9.17) is 0 Å². The molecule has 1 aliphatic rings. The maximum Gasteiger partial charge on any atom is 0.224 e. The highest BCUT2D eigenvalue weighted by molar-refractivity contribution is 5.78. The highest BCUT2D eigenvalue weighted by Gasteiger charge is 2.23. The van der Waals surface area contributed by atoms with Gasteiger partial charge in [0, 0.05) is 25.3 Å². The number of nitrogens with one attached hydrogen (secondary N) is 2. The van der Waals surface area contributed by atoms with Crippen molar-refractivity contribution in [1.29, 1.82) is 0 Å². The number of rotatable bonds is 4. The molecule has 17 heavy (non-hydrogen) atoms. The summed E-state index contributed by atoms with van der Waals surface area (Å²) in [7, 11) is 0. The number of carbonyl (C=O) groups excluding carboxylic acids is 1. The van der Waals surface area contributed by atoms with Gasteiger partial charge in [0.1, 0.15) is 0 Å². The van der Waals surface area contributed by atoms with Gasteiger partial charge in [-0.05, 0) is 19.8 Å². The molecule has 2 unspecified atom stereocenters. The van der Waals surface area contributed by atoms with Crippen molar-refractivity contribution in [2.75, 3.05) is 13.1 Å². The van der Waals surface area contributed by atoms with E-state index in [0.29, 0.717) is 19.1 Å². The molecule has 6 heteroatoms. The van der Waals surface area contributed by atoms with Crippen LogP contribution in [0.2, 0.25) is 0 Å². The number of hydrogen-bond acceptors (Lipinski definition) is 4. The molecule has 2 N–H and O–H groups in total. The number of aromatic nitrogens is 3. The number of piperidine rings is 1. The molecule has 0 saturated carbocycles. The third kappa shape index (κ3) is 3.52. The average molecular weight is 237 g/mol. The lowest BCUT2D eigenvalue weighted by atomic mass is 9.95. The highest BCUT2D eigenvalue weighted by atomic mass is 16.1. The Hall–Kier alpha value is -1.43. The van der Waals surface area contributed by atoms with Gasteiger partial charge in [0.15, 0.2) is 0 Å². The van der Waals surface area contributed by atoms with Gasteiger partial charge < -0.3 is 10.6 Å². The van der Waals surface area contributed by atoms with E-state index >= 15 is 0 Å². The van der Waals surface area contributed by atoms with Crippen LogP contribution in [-0.4, -0.2) is 40.0 Å². The molecule has 1 aromatic rings. The quantitative estimate of drug-likeness (QED) is 0.759. The predicted molar refractivity (Wildman–Crippen MR) is 63.2 cm³/mol. The summed E-state index contributed by atoms with van der Waals surface area (Å²) in [5.74, 6) is 0.256. The number of amides is 1. The zero-order valence-corrected chi connectivity index (χ0v) is 10.1. The van der Waals surface area contributed by atoms with Gasteiger partial charge >= 0.3 is 0 Å². The van der Waals surface area contributed by atoms with Crippen molar-refractivity contribution in [3.8, 4) is 0 Å². The van der Waals surface area contributed by atoms with Crippen molar-refractivity contribution in [2.45, 2.75) is 32.4 Å². The smallest absolute Gasteiger partial charge is 0.224 e. The lowest BCUT2D eigenvalue weighted by Crippen LogP contribution is -2.44. The molecule has 1 saturated heterocycles. The second-order valence-electron chi connectivity index (χ2n) is 4.54. The Morgan fingerprint density at radius 2 is 2.47 bits per heavy atom. The van der Waals surface area contributed by atoms with Crippen LogP contribution in [0.4, 0.5) is 0 Å². The Balaban J connectivity index is 1.67. The second kappa shape index (κ2) is 5.77. The first-order chi connectivity index (χ1) is 8.25. The first-order valence-electron chi connectivity index (χ1n) is 6.11. The van der Waals surface area contributed by atoms with E-state index in [1.807, 2.05) is 0 Å². The molecule has 0 aliphatic carbocycles.